The molecule has 7 heteroatoms. The van der Waals surface area contributed by atoms with Gasteiger partial charge in [-0.3, -0.25) is 4.18 Å². The number of rotatable bonds is 4. The van der Waals surface area contributed by atoms with Crippen LogP contribution in [0.5, 0.6) is 0 Å². The van der Waals surface area contributed by atoms with Crippen LogP contribution in [-0.2, 0) is 14.3 Å². The summed E-state index contributed by atoms with van der Waals surface area (Å²) in [7, 11) is -7.11. The zero-order chi connectivity index (χ0) is 16.0. The number of aliphatic hydroxyl groups is 1. The van der Waals surface area contributed by atoms with Gasteiger partial charge >= 0.3 is 0 Å². The SMILES string of the molecule is C[Si](C)(C)C#CCOS(=O)(=O)C(O)CC#C[Si](C)(C)C. The molecular formula is C13H24O4SSi2. The Kier molecular flexibility index (Phi) is 7.22. The second-order valence-corrected chi connectivity index (χ2v) is 17.8. The van der Waals surface area contributed by atoms with Crippen molar-refractivity contribution in [3.05, 3.63) is 0 Å². The Balaban J connectivity index is 4.49. The Morgan fingerprint density at radius 2 is 1.45 bits per heavy atom. The third kappa shape index (κ3) is 10.2. The molecular weight excluding hydrogens is 308 g/mol. The van der Waals surface area contributed by atoms with Crippen molar-refractivity contribution in [2.45, 2.75) is 51.1 Å². The fourth-order valence-corrected chi connectivity index (χ4v) is 2.90. The van der Waals surface area contributed by atoms with Gasteiger partial charge in [0.2, 0.25) is 0 Å². The van der Waals surface area contributed by atoms with E-state index in [0.29, 0.717) is 0 Å². The molecule has 4 nitrogen and oxygen atoms in total. The van der Waals surface area contributed by atoms with Crippen LogP contribution in [0, 0.1) is 22.9 Å². The predicted octanol–water partition coefficient (Wildman–Crippen LogP) is 1.80. The molecule has 0 aromatic rings. The molecule has 20 heavy (non-hydrogen) atoms. The van der Waals surface area contributed by atoms with Crippen molar-refractivity contribution in [1.29, 1.82) is 0 Å². The lowest BCUT2D eigenvalue weighted by Crippen LogP contribution is -2.24. The molecule has 0 fully saturated rings. The van der Waals surface area contributed by atoms with E-state index >= 15 is 0 Å². The van der Waals surface area contributed by atoms with E-state index in [1.165, 1.54) is 0 Å². The lowest BCUT2D eigenvalue weighted by Gasteiger charge is -2.09. The van der Waals surface area contributed by atoms with Crippen molar-refractivity contribution in [2.75, 3.05) is 6.61 Å². The van der Waals surface area contributed by atoms with Crippen molar-refractivity contribution in [3.63, 3.8) is 0 Å². The summed E-state index contributed by atoms with van der Waals surface area (Å²) >= 11 is 0. The Hall–Kier alpha value is -0.576. The highest BCUT2D eigenvalue weighted by molar-refractivity contribution is 7.87. The van der Waals surface area contributed by atoms with Gasteiger partial charge in [0.15, 0.2) is 5.44 Å². The highest BCUT2D eigenvalue weighted by Gasteiger charge is 2.22. The maximum atomic E-state index is 11.6. The van der Waals surface area contributed by atoms with Crippen LogP contribution in [0.25, 0.3) is 0 Å². The molecule has 1 N–H and O–H groups in total. The van der Waals surface area contributed by atoms with E-state index in [1.807, 2.05) is 19.6 Å². The van der Waals surface area contributed by atoms with Crippen molar-refractivity contribution in [1.82, 2.24) is 0 Å². The maximum Gasteiger partial charge on any atom is 0.296 e. The largest absolute Gasteiger partial charge is 0.374 e. The van der Waals surface area contributed by atoms with E-state index in [2.05, 4.69) is 46.8 Å². The van der Waals surface area contributed by atoms with Gasteiger partial charge in [0, 0.05) is 0 Å². The molecule has 1 atom stereocenters. The molecule has 0 aromatic heterocycles. The molecule has 0 radical (unpaired) electrons. The van der Waals surface area contributed by atoms with E-state index in [0.717, 1.165) is 0 Å². The first-order chi connectivity index (χ1) is 8.83. The summed E-state index contributed by atoms with van der Waals surface area (Å²) in [5.74, 6) is 5.41. The topological polar surface area (TPSA) is 63.6 Å². The average Bonchev–Trinajstić information content (AvgIpc) is 2.21. The molecule has 0 aliphatic rings. The zero-order valence-corrected chi connectivity index (χ0v) is 15.9. The minimum absolute atomic E-state index is 0.131. The minimum Gasteiger partial charge on any atom is -0.374 e. The Morgan fingerprint density at radius 3 is 1.90 bits per heavy atom. The molecule has 0 rings (SSSR count). The van der Waals surface area contributed by atoms with Crippen LogP contribution in [0.1, 0.15) is 6.42 Å². The van der Waals surface area contributed by atoms with Crippen LogP contribution in [0.4, 0.5) is 0 Å². The van der Waals surface area contributed by atoms with Gasteiger partial charge in [0.1, 0.15) is 22.8 Å². The summed E-state index contributed by atoms with van der Waals surface area (Å²) in [6, 6.07) is 0. The summed E-state index contributed by atoms with van der Waals surface area (Å²) in [6.45, 7) is 12.1. The number of hydrogen-bond acceptors (Lipinski definition) is 4. The first kappa shape index (κ1) is 19.4. The predicted molar refractivity (Wildman–Crippen MR) is 87.7 cm³/mol. The summed E-state index contributed by atoms with van der Waals surface area (Å²) in [5, 5.41) is 9.59. The van der Waals surface area contributed by atoms with Crippen molar-refractivity contribution < 1.29 is 17.7 Å². The molecule has 0 amide bonds. The van der Waals surface area contributed by atoms with Crippen molar-refractivity contribution in [2.24, 2.45) is 0 Å². The van der Waals surface area contributed by atoms with E-state index in [-0.39, 0.29) is 13.0 Å². The monoisotopic (exact) mass is 332 g/mol. The second kappa shape index (κ2) is 7.44. The molecule has 0 spiro atoms. The smallest absolute Gasteiger partial charge is 0.296 e. The Morgan fingerprint density at radius 1 is 1.00 bits per heavy atom. The molecule has 0 bridgehead atoms. The Bertz CT molecular complexity index is 533. The molecule has 0 aromatic carbocycles. The lowest BCUT2D eigenvalue weighted by atomic mass is 10.5. The molecule has 0 saturated carbocycles. The summed E-state index contributed by atoms with van der Waals surface area (Å²) in [5.41, 5.74) is 4.38. The number of hydrogen-bond donors (Lipinski definition) is 1. The van der Waals surface area contributed by atoms with Gasteiger partial charge in [0.05, 0.1) is 6.42 Å². The summed E-state index contributed by atoms with van der Waals surface area (Å²) in [4.78, 5) is 0. The van der Waals surface area contributed by atoms with Gasteiger partial charge < -0.3 is 5.11 Å². The molecule has 0 aliphatic heterocycles. The quantitative estimate of drug-likeness (QED) is 0.484. The van der Waals surface area contributed by atoms with Crippen molar-refractivity contribution in [3.8, 4) is 22.9 Å². The third-order valence-electron chi connectivity index (χ3n) is 1.83. The van der Waals surface area contributed by atoms with E-state index in [4.69, 9.17) is 0 Å². The molecule has 1 unspecified atom stereocenters. The standard InChI is InChI=1S/C13H24O4SSi2/c1-19(2,3)11-7-9-13(14)18(15,16)17-10-8-12-20(4,5)6/h13-14H,9-10H2,1-6H3. The van der Waals surface area contributed by atoms with Crippen LogP contribution < -0.4 is 0 Å². The summed E-state index contributed by atoms with van der Waals surface area (Å²) < 4.78 is 27.9. The molecule has 0 saturated heterocycles. The normalized spacial score (nSPS) is 13.8. The zero-order valence-electron chi connectivity index (χ0n) is 13.1. The molecule has 114 valence electrons. The fourth-order valence-electron chi connectivity index (χ4n) is 0.997. The molecule has 0 heterocycles. The molecule has 0 aliphatic carbocycles. The Labute approximate surface area is 125 Å². The third-order valence-corrected chi connectivity index (χ3v) is 4.97. The first-order valence-corrected chi connectivity index (χ1v) is 14.9. The van der Waals surface area contributed by atoms with Gasteiger partial charge in [-0.25, -0.2) is 0 Å². The van der Waals surface area contributed by atoms with Gasteiger partial charge in [-0.05, 0) is 0 Å². The van der Waals surface area contributed by atoms with Crippen LogP contribution >= 0.6 is 0 Å². The highest BCUT2D eigenvalue weighted by Crippen LogP contribution is 2.06. The van der Waals surface area contributed by atoms with Crippen LogP contribution in [0.2, 0.25) is 39.3 Å². The van der Waals surface area contributed by atoms with Gasteiger partial charge in [-0.15, -0.1) is 17.0 Å². The van der Waals surface area contributed by atoms with Gasteiger partial charge in [-0.1, -0.05) is 45.2 Å². The lowest BCUT2D eigenvalue weighted by molar-refractivity contribution is 0.224. The summed E-state index contributed by atoms with van der Waals surface area (Å²) in [6.07, 6.45) is -0.131. The van der Waals surface area contributed by atoms with E-state index in [9.17, 15) is 13.5 Å². The second-order valence-electron chi connectivity index (χ2n) is 6.52. The van der Waals surface area contributed by atoms with Gasteiger partial charge in [-0.2, -0.15) is 8.42 Å². The number of aliphatic hydroxyl groups excluding tert-OH is 1. The van der Waals surface area contributed by atoms with Gasteiger partial charge in [0.25, 0.3) is 10.1 Å². The first-order valence-electron chi connectivity index (χ1n) is 6.40. The highest BCUT2D eigenvalue weighted by atomic mass is 32.2. The van der Waals surface area contributed by atoms with Crippen LogP contribution in [0.15, 0.2) is 0 Å². The van der Waals surface area contributed by atoms with Crippen molar-refractivity contribution >= 4 is 26.3 Å². The minimum atomic E-state index is -4.01. The fraction of sp³-hybridized carbons (Fsp3) is 0.692. The average molecular weight is 333 g/mol. The maximum absolute atomic E-state index is 11.6. The van der Waals surface area contributed by atoms with Crippen LogP contribution in [-0.4, -0.2) is 41.7 Å². The van der Waals surface area contributed by atoms with Crippen LogP contribution in [0.3, 0.4) is 0 Å². The van der Waals surface area contributed by atoms with E-state index in [1.54, 1.807) is 0 Å². The van der Waals surface area contributed by atoms with E-state index < -0.39 is 31.7 Å².